The molecule has 0 aliphatic rings. The lowest BCUT2D eigenvalue weighted by Gasteiger charge is -2.15. The molecule has 0 spiro atoms. The van der Waals surface area contributed by atoms with Crippen molar-refractivity contribution < 1.29 is 9.90 Å². The second-order valence-corrected chi connectivity index (χ2v) is 6.41. The van der Waals surface area contributed by atoms with Gasteiger partial charge in [0.2, 0.25) is 0 Å². The largest absolute Gasteiger partial charge is 0.478 e. The number of benzene rings is 1. The van der Waals surface area contributed by atoms with E-state index in [0.717, 1.165) is 9.37 Å². The number of thioether (sulfide) groups is 1. The minimum Gasteiger partial charge on any atom is -0.478 e. The number of carbonyl (C=O) groups is 1. The molecule has 0 saturated heterocycles. The van der Waals surface area contributed by atoms with E-state index in [9.17, 15) is 4.79 Å². The molecule has 4 heteroatoms. The molecule has 2 nitrogen and oxygen atoms in total. The van der Waals surface area contributed by atoms with Gasteiger partial charge in [0, 0.05) is 14.6 Å². The Bertz CT molecular complexity index is 391. The highest BCUT2D eigenvalue weighted by molar-refractivity contribution is 9.10. The molecular weight excluding hydrogens is 288 g/mol. The molecule has 1 atom stereocenters. The molecule has 0 bridgehead atoms. The lowest BCUT2D eigenvalue weighted by Crippen LogP contribution is -2.05. The zero-order valence-corrected chi connectivity index (χ0v) is 11.9. The summed E-state index contributed by atoms with van der Waals surface area (Å²) >= 11 is 5.04. The summed E-state index contributed by atoms with van der Waals surface area (Å²) in [5.41, 5.74) is 0.327. The van der Waals surface area contributed by atoms with Crippen LogP contribution in [-0.2, 0) is 0 Å². The normalized spacial score (nSPS) is 12.8. The van der Waals surface area contributed by atoms with Gasteiger partial charge in [-0.25, -0.2) is 4.79 Å². The number of halogens is 1. The number of carboxylic acid groups (broad SMARTS) is 1. The van der Waals surface area contributed by atoms with Crippen LogP contribution in [0.1, 0.15) is 31.1 Å². The Hall–Kier alpha value is -0.480. The van der Waals surface area contributed by atoms with E-state index < -0.39 is 5.97 Å². The fraction of sp³-hybridized carbons (Fsp3) is 0.417. The highest BCUT2D eigenvalue weighted by Crippen LogP contribution is 2.30. The highest BCUT2D eigenvalue weighted by atomic mass is 79.9. The quantitative estimate of drug-likeness (QED) is 0.843. The average Bonchev–Trinajstić information content (AvgIpc) is 2.16. The fourth-order valence-electron chi connectivity index (χ4n) is 1.10. The van der Waals surface area contributed by atoms with E-state index in [4.69, 9.17) is 5.11 Å². The number of rotatable bonds is 4. The first-order chi connectivity index (χ1) is 7.40. The van der Waals surface area contributed by atoms with Crippen molar-refractivity contribution in [3.8, 4) is 0 Å². The monoisotopic (exact) mass is 302 g/mol. The number of aromatic carboxylic acids is 1. The van der Waals surface area contributed by atoms with Gasteiger partial charge in [-0.15, -0.1) is 11.8 Å². The molecule has 1 unspecified atom stereocenters. The van der Waals surface area contributed by atoms with Crippen molar-refractivity contribution in [1.82, 2.24) is 0 Å². The molecule has 16 heavy (non-hydrogen) atoms. The van der Waals surface area contributed by atoms with E-state index in [-0.39, 0.29) is 0 Å². The van der Waals surface area contributed by atoms with Crippen molar-refractivity contribution in [2.75, 3.05) is 0 Å². The van der Waals surface area contributed by atoms with E-state index in [0.29, 0.717) is 16.7 Å². The average molecular weight is 303 g/mol. The third-order valence-electron chi connectivity index (χ3n) is 2.38. The zero-order chi connectivity index (χ0) is 12.3. The molecule has 0 saturated carbocycles. The van der Waals surface area contributed by atoms with Gasteiger partial charge in [-0.3, -0.25) is 0 Å². The summed E-state index contributed by atoms with van der Waals surface area (Å²) in [7, 11) is 0. The van der Waals surface area contributed by atoms with Crippen LogP contribution in [0.3, 0.4) is 0 Å². The van der Waals surface area contributed by atoms with E-state index >= 15 is 0 Å². The topological polar surface area (TPSA) is 37.3 Å². The van der Waals surface area contributed by atoms with Crippen LogP contribution in [0.15, 0.2) is 27.6 Å². The summed E-state index contributed by atoms with van der Waals surface area (Å²) < 4.78 is 0.811. The summed E-state index contributed by atoms with van der Waals surface area (Å²) in [4.78, 5) is 11.9. The van der Waals surface area contributed by atoms with Gasteiger partial charge in [-0.05, 0) is 24.1 Å². The van der Waals surface area contributed by atoms with Gasteiger partial charge in [-0.1, -0.05) is 36.7 Å². The molecule has 0 aliphatic carbocycles. The molecule has 88 valence electrons. The Morgan fingerprint density at radius 1 is 1.31 bits per heavy atom. The summed E-state index contributed by atoms with van der Waals surface area (Å²) in [6.45, 7) is 6.47. The van der Waals surface area contributed by atoms with Gasteiger partial charge in [-0.2, -0.15) is 0 Å². The smallest absolute Gasteiger partial charge is 0.335 e. The highest BCUT2D eigenvalue weighted by Gasteiger charge is 2.11. The van der Waals surface area contributed by atoms with Gasteiger partial charge < -0.3 is 5.11 Å². The molecule has 0 aliphatic heterocycles. The maximum Gasteiger partial charge on any atom is 0.335 e. The third-order valence-corrected chi connectivity index (χ3v) is 4.26. The van der Waals surface area contributed by atoms with Crippen molar-refractivity contribution in [3.05, 3.63) is 28.2 Å². The Balaban J connectivity index is 2.92. The molecule has 1 N–H and O–H groups in total. The molecule has 0 radical (unpaired) electrons. The number of carboxylic acids is 1. The molecule has 0 amide bonds. The van der Waals surface area contributed by atoms with Gasteiger partial charge >= 0.3 is 5.97 Å². The summed E-state index contributed by atoms with van der Waals surface area (Å²) in [5, 5.41) is 9.42. The van der Waals surface area contributed by atoms with E-state index in [1.165, 1.54) is 0 Å². The van der Waals surface area contributed by atoms with Crippen LogP contribution in [0.2, 0.25) is 0 Å². The third kappa shape index (κ3) is 3.83. The van der Waals surface area contributed by atoms with Gasteiger partial charge in [0.25, 0.3) is 0 Å². The van der Waals surface area contributed by atoms with Crippen LogP contribution in [0.5, 0.6) is 0 Å². The molecule has 1 aromatic rings. The predicted molar refractivity (Wildman–Crippen MR) is 71.3 cm³/mol. The Morgan fingerprint density at radius 2 is 1.94 bits per heavy atom. The van der Waals surface area contributed by atoms with Gasteiger partial charge in [0.05, 0.1) is 5.56 Å². The molecule has 1 rings (SSSR count). The molecule has 0 aromatic heterocycles. The summed E-state index contributed by atoms with van der Waals surface area (Å²) in [6.07, 6.45) is 0. The lowest BCUT2D eigenvalue weighted by atomic mass is 10.2. The summed E-state index contributed by atoms with van der Waals surface area (Å²) in [6, 6.07) is 5.29. The standard InChI is InChI=1S/C12H15BrO2S/c1-7(2)8(3)16-11-5-9(12(14)15)4-10(13)6-11/h4-8H,1-3H3,(H,14,15). The van der Waals surface area contributed by atoms with Crippen molar-refractivity contribution >= 4 is 33.7 Å². The van der Waals surface area contributed by atoms with Gasteiger partial charge in [0.1, 0.15) is 0 Å². The van der Waals surface area contributed by atoms with Crippen LogP contribution in [0.25, 0.3) is 0 Å². The molecule has 0 fully saturated rings. The first kappa shape index (κ1) is 13.6. The van der Waals surface area contributed by atoms with Crippen LogP contribution < -0.4 is 0 Å². The van der Waals surface area contributed by atoms with Crippen LogP contribution >= 0.6 is 27.7 Å². The van der Waals surface area contributed by atoms with Gasteiger partial charge in [0.15, 0.2) is 0 Å². The van der Waals surface area contributed by atoms with E-state index in [2.05, 4.69) is 36.7 Å². The van der Waals surface area contributed by atoms with Crippen molar-refractivity contribution in [2.45, 2.75) is 30.9 Å². The summed E-state index contributed by atoms with van der Waals surface area (Å²) in [5.74, 6) is -0.322. The lowest BCUT2D eigenvalue weighted by molar-refractivity contribution is 0.0696. The fourth-order valence-corrected chi connectivity index (χ4v) is 2.84. The maximum atomic E-state index is 10.9. The van der Waals surface area contributed by atoms with Crippen molar-refractivity contribution in [1.29, 1.82) is 0 Å². The van der Waals surface area contributed by atoms with Crippen molar-refractivity contribution in [3.63, 3.8) is 0 Å². The zero-order valence-electron chi connectivity index (χ0n) is 9.53. The van der Waals surface area contributed by atoms with Crippen molar-refractivity contribution in [2.24, 2.45) is 5.92 Å². The Kier molecular flexibility index (Phi) is 4.87. The number of hydrogen-bond acceptors (Lipinski definition) is 2. The molecule has 1 aromatic carbocycles. The Labute approximate surface area is 109 Å². The van der Waals surface area contributed by atoms with Crippen LogP contribution in [-0.4, -0.2) is 16.3 Å². The maximum absolute atomic E-state index is 10.9. The second kappa shape index (κ2) is 5.73. The van der Waals surface area contributed by atoms with Crippen LogP contribution in [0.4, 0.5) is 0 Å². The SMILES string of the molecule is CC(C)C(C)Sc1cc(Br)cc(C(=O)O)c1. The van der Waals surface area contributed by atoms with E-state index in [1.807, 2.05) is 6.07 Å². The Morgan fingerprint density at radius 3 is 2.44 bits per heavy atom. The molecule has 0 heterocycles. The van der Waals surface area contributed by atoms with E-state index in [1.54, 1.807) is 23.9 Å². The first-order valence-corrected chi connectivity index (χ1v) is 6.78. The predicted octanol–water partition coefficient (Wildman–Crippen LogP) is 4.28. The minimum absolute atomic E-state index is 0.327. The first-order valence-electron chi connectivity index (χ1n) is 5.10. The van der Waals surface area contributed by atoms with Crippen LogP contribution in [0, 0.1) is 5.92 Å². The second-order valence-electron chi connectivity index (χ2n) is 4.05. The molecular formula is C12H15BrO2S. The minimum atomic E-state index is -0.889. The number of hydrogen-bond donors (Lipinski definition) is 1.